The van der Waals surface area contributed by atoms with Gasteiger partial charge < -0.3 is 10.2 Å². The zero-order valence-corrected chi connectivity index (χ0v) is 13.0. The maximum atomic E-state index is 13.5. The van der Waals surface area contributed by atoms with E-state index in [0.29, 0.717) is 30.1 Å². The van der Waals surface area contributed by atoms with Crippen LogP contribution in [0.2, 0.25) is 5.02 Å². The Hall–Kier alpha value is -1.98. The highest BCUT2D eigenvalue weighted by Crippen LogP contribution is 2.22. The number of rotatable bonds is 5. The van der Waals surface area contributed by atoms with Crippen LogP contribution in [-0.4, -0.2) is 18.4 Å². The Balaban J connectivity index is 1.51. The molecule has 1 N–H and O–H groups in total. The zero-order chi connectivity index (χ0) is 16.2. The average Bonchev–Trinajstić information content (AvgIpc) is 2.98. The van der Waals surface area contributed by atoms with E-state index in [-0.39, 0.29) is 6.10 Å². The molecular formula is C17H15ClF2N2O. The topological polar surface area (TPSA) is 33.6 Å². The number of nitrogens with one attached hydrogen (secondary N) is 1. The lowest BCUT2D eigenvalue weighted by Crippen LogP contribution is -2.27. The second kappa shape index (κ2) is 7.06. The van der Waals surface area contributed by atoms with Crippen LogP contribution >= 0.6 is 11.6 Å². The summed E-state index contributed by atoms with van der Waals surface area (Å²) in [5, 5.41) is 7.80. The lowest BCUT2D eigenvalue weighted by Gasteiger charge is -2.10. The Labute approximate surface area is 137 Å². The van der Waals surface area contributed by atoms with E-state index in [4.69, 9.17) is 16.4 Å². The van der Waals surface area contributed by atoms with E-state index < -0.39 is 11.6 Å². The molecule has 0 bridgehead atoms. The molecule has 1 aliphatic rings. The molecule has 0 aliphatic carbocycles. The van der Waals surface area contributed by atoms with Gasteiger partial charge in [0.1, 0.15) is 17.7 Å². The molecule has 6 heteroatoms. The fourth-order valence-corrected chi connectivity index (χ4v) is 2.67. The fraction of sp³-hybridized carbons (Fsp3) is 0.235. The molecule has 1 atom stereocenters. The average molecular weight is 337 g/mol. The monoisotopic (exact) mass is 336 g/mol. The van der Waals surface area contributed by atoms with Crippen LogP contribution in [0.5, 0.6) is 0 Å². The van der Waals surface area contributed by atoms with Crippen molar-refractivity contribution in [2.24, 2.45) is 5.16 Å². The maximum absolute atomic E-state index is 13.5. The molecule has 0 spiro atoms. The van der Waals surface area contributed by atoms with E-state index in [9.17, 15) is 8.78 Å². The molecule has 1 heterocycles. The van der Waals surface area contributed by atoms with Gasteiger partial charge in [-0.25, -0.2) is 8.78 Å². The van der Waals surface area contributed by atoms with Crippen LogP contribution in [0.1, 0.15) is 17.5 Å². The first-order chi connectivity index (χ1) is 11.1. The predicted molar refractivity (Wildman–Crippen MR) is 85.5 cm³/mol. The highest BCUT2D eigenvalue weighted by molar-refractivity contribution is 6.34. The number of halogens is 3. The Kier molecular flexibility index (Phi) is 4.88. The SMILES string of the molecule is Fc1ccc(CNC[C@@H]2CC(c3ccccc3Cl)=NO2)c(F)c1. The molecule has 2 aromatic carbocycles. The Morgan fingerprint density at radius 3 is 2.83 bits per heavy atom. The van der Waals surface area contributed by atoms with E-state index in [2.05, 4.69) is 10.5 Å². The molecule has 0 amide bonds. The molecule has 0 aromatic heterocycles. The Morgan fingerprint density at radius 1 is 1.22 bits per heavy atom. The van der Waals surface area contributed by atoms with Crippen LogP contribution in [0.4, 0.5) is 8.78 Å². The van der Waals surface area contributed by atoms with Gasteiger partial charge in [0.2, 0.25) is 0 Å². The van der Waals surface area contributed by atoms with Crippen LogP contribution in [0.3, 0.4) is 0 Å². The Bertz CT molecular complexity index is 736. The highest BCUT2D eigenvalue weighted by atomic mass is 35.5. The molecule has 0 fully saturated rings. The van der Waals surface area contributed by atoms with Crippen molar-refractivity contribution in [1.29, 1.82) is 0 Å². The summed E-state index contributed by atoms with van der Waals surface area (Å²) in [7, 11) is 0. The number of hydrogen-bond donors (Lipinski definition) is 1. The van der Waals surface area contributed by atoms with Gasteiger partial charge in [0.15, 0.2) is 0 Å². The van der Waals surface area contributed by atoms with Gasteiger partial charge in [-0.2, -0.15) is 0 Å². The van der Waals surface area contributed by atoms with Crippen molar-refractivity contribution in [1.82, 2.24) is 5.32 Å². The summed E-state index contributed by atoms with van der Waals surface area (Å²) in [4.78, 5) is 5.38. The fourth-order valence-electron chi connectivity index (χ4n) is 2.43. The molecule has 2 aromatic rings. The number of nitrogens with zero attached hydrogens (tertiary/aromatic N) is 1. The highest BCUT2D eigenvalue weighted by Gasteiger charge is 2.23. The molecule has 1 aliphatic heterocycles. The van der Waals surface area contributed by atoms with Crippen LogP contribution in [-0.2, 0) is 11.4 Å². The Morgan fingerprint density at radius 2 is 2.04 bits per heavy atom. The van der Waals surface area contributed by atoms with Crippen molar-refractivity contribution < 1.29 is 13.6 Å². The molecule has 23 heavy (non-hydrogen) atoms. The summed E-state index contributed by atoms with van der Waals surface area (Å²) in [6, 6.07) is 11.0. The van der Waals surface area contributed by atoms with E-state index in [1.165, 1.54) is 12.1 Å². The largest absolute Gasteiger partial charge is 0.390 e. The van der Waals surface area contributed by atoms with Crippen molar-refractivity contribution in [2.75, 3.05) is 6.54 Å². The molecule has 3 rings (SSSR count). The maximum Gasteiger partial charge on any atom is 0.145 e. The number of benzene rings is 2. The first-order valence-corrected chi connectivity index (χ1v) is 7.63. The first-order valence-electron chi connectivity index (χ1n) is 7.25. The summed E-state index contributed by atoms with van der Waals surface area (Å²) in [5.74, 6) is -1.14. The summed E-state index contributed by atoms with van der Waals surface area (Å²) in [5.41, 5.74) is 2.08. The van der Waals surface area contributed by atoms with Gasteiger partial charge in [-0.05, 0) is 12.1 Å². The molecule has 0 saturated carbocycles. The van der Waals surface area contributed by atoms with Gasteiger partial charge in [-0.15, -0.1) is 0 Å². The molecule has 0 saturated heterocycles. The zero-order valence-electron chi connectivity index (χ0n) is 12.2. The van der Waals surface area contributed by atoms with Crippen molar-refractivity contribution >= 4 is 17.3 Å². The van der Waals surface area contributed by atoms with Gasteiger partial charge in [0.05, 0.1) is 5.71 Å². The minimum atomic E-state index is -0.580. The van der Waals surface area contributed by atoms with Crippen molar-refractivity contribution in [3.05, 3.63) is 70.2 Å². The molecule has 0 unspecified atom stereocenters. The normalized spacial score (nSPS) is 17.0. The smallest absolute Gasteiger partial charge is 0.145 e. The van der Waals surface area contributed by atoms with Crippen LogP contribution < -0.4 is 5.32 Å². The van der Waals surface area contributed by atoms with E-state index >= 15 is 0 Å². The molecule has 0 radical (unpaired) electrons. The second-order valence-corrected chi connectivity index (χ2v) is 5.72. The van der Waals surface area contributed by atoms with Crippen molar-refractivity contribution in [2.45, 2.75) is 19.1 Å². The van der Waals surface area contributed by atoms with Gasteiger partial charge in [0.25, 0.3) is 0 Å². The van der Waals surface area contributed by atoms with E-state index in [1.807, 2.05) is 24.3 Å². The third kappa shape index (κ3) is 3.86. The molecule has 3 nitrogen and oxygen atoms in total. The van der Waals surface area contributed by atoms with Crippen LogP contribution in [0.25, 0.3) is 0 Å². The second-order valence-electron chi connectivity index (χ2n) is 5.32. The predicted octanol–water partition coefficient (Wildman–Crippen LogP) is 3.90. The number of hydrogen-bond acceptors (Lipinski definition) is 3. The number of oxime groups is 1. The third-order valence-corrected chi connectivity index (χ3v) is 3.95. The van der Waals surface area contributed by atoms with Crippen molar-refractivity contribution in [3.63, 3.8) is 0 Å². The van der Waals surface area contributed by atoms with Crippen LogP contribution in [0.15, 0.2) is 47.6 Å². The van der Waals surface area contributed by atoms with Crippen molar-refractivity contribution in [3.8, 4) is 0 Å². The lowest BCUT2D eigenvalue weighted by molar-refractivity contribution is 0.0848. The third-order valence-electron chi connectivity index (χ3n) is 3.62. The van der Waals surface area contributed by atoms with Gasteiger partial charge in [-0.1, -0.05) is 41.0 Å². The summed E-state index contributed by atoms with van der Waals surface area (Å²) in [6.07, 6.45) is 0.493. The minimum Gasteiger partial charge on any atom is -0.390 e. The molecular weight excluding hydrogens is 322 g/mol. The standard InChI is InChI=1S/C17H15ClF2N2O/c18-15-4-2-1-3-14(15)17-8-13(23-22-17)10-21-9-11-5-6-12(19)7-16(11)20/h1-7,13,21H,8-10H2/t13-/m0/s1. The van der Waals surface area contributed by atoms with E-state index in [0.717, 1.165) is 17.3 Å². The van der Waals surface area contributed by atoms with Gasteiger partial charge >= 0.3 is 0 Å². The first kappa shape index (κ1) is 15.9. The van der Waals surface area contributed by atoms with Gasteiger partial charge in [-0.3, -0.25) is 0 Å². The lowest BCUT2D eigenvalue weighted by atomic mass is 10.0. The summed E-state index contributed by atoms with van der Waals surface area (Å²) < 4.78 is 26.4. The minimum absolute atomic E-state index is 0.134. The summed E-state index contributed by atoms with van der Waals surface area (Å²) >= 11 is 6.14. The quantitative estimate of drug-likeness (QED) is 0.898. The van der Waals surface area contributed by atoms with Gasteiger partial charge in [0, 0.05) is 41.7 Å². The summed E-state index contributed by atoms with van der Waals surface area (Å²) in [6.45, 7) is 0.807. The van der Waals surface area contributed by atoms with Crippen LogP contribution in [0, 0.1) is 11.6 Å². The van der Waals surface area contributed by atoms with E-state index in [1.54, 1.807) is 0 Å². The molecule has 120 valence electrons.